The van der Waals surface area contributed by atoms with Crippen LogP contribution in [0.3, 0.4) is 0 Å². The number of hydrogen-bond donors (Lipinski definition) is 2. The summed E-state index contributed by atoms with van der Waals surface area (Å²) < 4.78 is 0. The summed E-state index contributed by atoms with van der Waals surface area (Å²) in [5.41, 5.74) is 5.29. The molecule has 2 fully saturated rings. The standard InChI is InChI=1S/C14H23N3O3/c1-2-10-12(19)16-11(18)8-17(10)13(20)14(9-15)6-4-3-5-7-14/h10H,2-9,15H2,1H3,(H,16,18,19). The summed E-state index contributed by atoms with van der Waals surface area (Å²) in [5, 5.41) is 2.30. The van der Waals surface area contributed by atoms with Crippen molar-refractivity contribution >= 4 is 17.7 Å². The Morgan fingerprint density at radius 3 is 2.55 bits per heavy atom. The second-order valence-corrected chi connectivity index (χ2v) is 5.81. The number of rotatable bonds is 3. The van der Waals surface area contributed by atoms with Crippen molar-refractivity contribution in [2.24, 2.45) is 11.1 Å². The minimum Gasteiger partial charge on any atom is -0.329 e. The van der Waals surface area contributed by atoms with Crippen molar-refractivity contribution in [2.45, 2.75) is 51.5 Å². The van der Waals surface area contributed by atoms with Gasteiger partial charge >= 0.3 is 0 Å². The Balaban J connectivity index is 2.24. The number of imide groups is 1. The van der Waals surface area contributed by atoms with E-state index in [2.05, 4.69) is 5.32 Å². The van der Waals surface area contributed by atoms with Crippen LogP contribution in [0.4, 0.5) is 0 Å². The minimum absolute atomic E-state index is 0.0369. The fourth-order valence-electron chi connectivity index (χ4n) is 3.32. The number of nitrogens with two attached hydrogens (primary N) is 1. The topological polar surface area (TPSA) is 92.5 Å². The van der Waals surface area contributed by atoms with Gasteiger partial charge in [-0.15, -0.1) is 0 Å². The second kappa shape index (κ2) is 5.91. The molecule has 3 amide bonds. The van der Waals surface area contributed by atoms with Crippen molar-refractivity contribution in [3.05, 3.63) is 0 Å². The highest BCUT2D eigenvalue weighted by molar-refractivity contribution is 6.04. The molecule has 1 saturated heterocycles. The van der Waals surface area contributed by atoms with Gasteiger partial charge in [-0.3, -0.25) is 19.7 Å². The molecule has 20 heavy (non-hydrogen) atoms. The van der Waals surface area contributed by atoms with Gasteiger partial charge < -0.3 is 10.6 Å². The van der Waals surface area contributed by atoms with Gasteiger partial charge in [0.25, 0.3) is 0 Å². The van der Waals surface area contributed by atoms with Gasteiger partial charge in [-0.1, -0.05) is 26.2 Å². The zero-order valence-corrected chi connectivity index (χ0v) is 12.0. The van der Waals surface area contributed by atoms with Crippen molar-refractivity contribution in [3.63, 3.8) is 0 Å². The fourth-order valence-corrected chi connectivity index (χ4v) is 3.32. The highest BCUT2D eigenvalue weighted by atomic mass is 16.2. The van der Waals surface area contributed by atoms with E-state index in [1.165, 1.54) is 4.90 Å². The molecular weight excluding hydrogens is 258 g/mol. The fraction of sp³-hybridized carbons (Fsp3) is 0.786. The Morgan fingerprint density at radius 2 is 2.00 bits per heavy atom. The third kappa shape index (κ3) is 2.57. The third-order valence-electron chi connectivity index (χ3n) is 4.56. The Bertz CT molecular complexity index is 416. The van der Waals surface area contributed by atoms with Crippen LogP contribution >= 0.6 is 0 Å². The van der Waals surface area contributed by atoms with Gasteiger partial charge in [0.1, 0.15) is 12.6 Å². The first-order valence-electron chi connectivity index (χ1n) is 7.39. The summed E-state index contributed by atoms with van der Waals surface area (Å²) in [6.07, 6.45) is 5.09. The molecule has 6 nitrogen and oxygen atoms in total. The van der Waals surface area contributed by atoms with Gasteiger partial charge in [0, 0.05) is 6.54 Å². The molecule has 0 spiro atoms. The predicted octanol–water partition coefficient (Wildman–Crippen LogP) is 0.159. The summed E-state index contributed by atoms with van der Waals surface area (Å²) in [7, 11) is 0. The van der Waals surface area contributed by atoms with Crippen LogP contribution in [-0.2, 0) is 14.4 Å². The number of nitrogens with one attached hydrogen (secondary N) is 1. The van der Waals surface area contributed by atoms with Crippen LogP contribution in [0.2, 0.25) is 0 Å². The Labute approximate surface area is 119 Å². The minimum atomic E-state index is -0.580. The van der Waals surface area contributed by atoms with E-state index < -0.39 is 17.4 Å². The second-order valence-electron chi connectivity index (χ2n) is 5.81. The van der Waals surface area contributed by atoms with Crippen LogP contribution in [0.25, 0.3) is 0 Å². The molecule has 2 rings (SSSR count). The lowest BCUT2D eigenvalue weighted by Gasteiger charge is -2.42. The van der Waals surface area contributed by atoms with E-state index in [4.69, 9.17) is 5.73 Å². The molecule has 6 heteroatoms. The van der Waals surface area contributed by atoms with Crippen LogP contribution in [0, 0.1) is 5.41 Å². The molecular formula is C14H23N3O3. The summed E-state index contributed by atoms with van der Waals surface area (Å²) in [6, 6.07) is -0.550. The number of nitrogens with zero attached hydrogens (tertiary/aromatic N) is 1. The third-order valence-corrected chi connectivity index (χ3v) is 4.56. The molecule has 0 aromatic rings. The molecule has 1 saturated carbocycles. The average molecular weight is 281 g/mol. The summed E-state index contributed by atoms with van der Waals surface area (Å²) in [4.78, 5) is 37.8. The maximum atomic E-state index is 12.9. The molecule has 0 aromatic heterocycles. The van der Waals surface area contributed by atoms with Gasteiger partial charge in [0.2, 0.25) is 17.7 Å². The number of carbonyl (C=O) groups is 3. The zero-order valence-electron chi connectivity index (χ0n) is 12.0. The lowest BCUT2D eigenvalue weighted by molar-refractivity contribution is -0.157. The van der Waals surface area contributed by atoms with Gasteiger partial charge in [-0.05, 0) is 19.3 Å². The summed E-state index contributed by atoms with van der Waals surface area (Å²) >= 11 is 0. The molecule has 3 N–H and O–H groups in total. The first-order valence-corrected chi connectivity index (χ1v) is 7.39. The number of piperazine rings is 1. The van der Waals surface area contributed by atoms with Crippen LogP contribution in [0.5, 0.6) is 0 Å². The first-order chi connectivity index (χ1) is 9.54. The normalized spacial score (nSPS) is 26.3. The Morgan fingerprint density at radius 1 is 1.35 bits per heavy atom. The average Bonchev–Trinajstić information content (AvgIpc) is 2.46. The van der Waals surface area contributed by atoms with Crippen LogP contribution < -0.4 is 11.1 Å². The van der Waals surface area contributed by atoms with E-state index in [1.54, 1.807) is 0 Å². The summed E-state index contributed by atoms with van der Waals surface area (Å²) in [5.74, 6) is -0.897. The highest BCUT2D eigenvalue weighted by Gasteiger charge is 2.45. The quantitative estimate of drug-likeness (QED) is 0.721. The molecule has 0 bridgehead atoms. The SMILES string of the molecule is CCC1C(=O)NC(=O)CN1C(=O)C1(CN)CCCCC1. The number of carbonyl (C=O) groups excluding carboxylic acids is 3. The molecule has 112 valence electrons. The largest absolute Gasteiger partial charge is 0.329 e. The maximum Gasteiger partial charge on any atom is 0.249 e. The van der Waals surface area contributed by atoms with Gasteiger partial charge in [0.15, 0.2) is 0 Å². The zero-order chi connectivity index (χ0) is 14.8. The molecule has 1 aliphatic carbocycles. The molecule has 1 atom stereocenters. The number of hydrogen-bond acceptors (Lipinski definition) is 4. The van der Waals surface area contributed by atoms with Gasteiger partial charge in [-0.25, -0.2) is 0 Å². The lowest BCUT2D eigenvalue weighted by Crippen LogP contribution is -2.63. The van der Waals surface area contributed by atoms with E-state index in [-0.39, 0.29) is 24.9 Å². The summed E-state index contributed by atoms with van der Waals surface area (Å²) in [6.45, 7) is 2.09. The van der Waals surface area contributed by atoms with Crippen LogP contribution in [0.15, 0.2) is 0 Å². The first kappa shape index (κ1) is 15.0. The Hall–Kier alpha value is -1.43. The highest BCUT2D eigenvalue weighted by Crippen LogP contribution is 2.38. The molecule has 1 aliphatic heterocycles. The van der Waals surface area contributed by atoms with Crippen molar-refractivity contribution < 1.29 is 14.4 Å². The van der Waals surface area contributed by atoms with Crippen LogP contribution in [-0.4, -0.2) is 41.8 Å². The molecule has 0 radical (unpaired) electrons. The van der Waals surface area contributed by atoms with E-state index in [0.29, 0.717) is 6.42 Å². The van der Waals surface area contributed by atoms with E-state index in [0.717, 1.165) is 32.1 Å². The van der Waals surface area contributed by atoms with Gasteiger partial charge in [0.05, 0.1) is 5.41 Å². The monoisotopic (exact) mass is 281 g/mol. The maximum absolute atomic E-state index is 12.9. The number of amides is 3. The molecule has 2 aliphatic rings. The van der Waals surface area contributed by atoms with E-state index in [1.807, 2.05) is 6.92 Å². The van der Waals surface area contributed by atoms with Crippen molar-refractivity contribution in [3.8, 4) is 0 Å². The predicted molar refractivity (Wildman–Crippen MR) is 73.5 cm³/mol. The van der Waals surface area contributed by atoms with Gasteiger partial charge in [-0.2, -0.15) is 0 Å². The smallest absolute Gasteiger partial charge is 0.249 e. The Kier molecular flexibility index (Phi) is 4.42. The molecule has 0 aromatic carbocycles. The van der Waals surface area contributed by atoms with Crippen molar-refractivity contribution in [1.29, 1.82) is 0 Å². The molecule has 1 unspecified atom stereocenters. The van der Waals surface area contributed by atoms with Crippen molar-refractivity contribution in [1.82, 2.24) is 10.2 Å². The van der Waals surface area contributed by atoms with E-state index >= 15 is 0 Å². The van der Waals surface area contributed by atoms with Crippen molar-refractivity contribution in [2.75, 3.05) is 13.1 Å². The van der Waals surface area contributed by atoms with Crippen LogP contribution in [0.1, 0.15) is 45.4 Å². The molecule has 1 heterocycles. The lowest BCUT2D eigenvalue weighted by atomic mass is 9.72. The van der Waals surface area contributed by atoms with E-state index in [9.17, 15) is 14.4 Å².